The number of fused-ring (bicyclic) bond motifs is 1. The molecule has 0 bridgehead atoms. The fraction of sp³-hybridized carbons (Fsp3) is 0.158. The molecule has 0 saturated carbocycles. The lowest BCUT2D eigenvalue weighted by Crippen LogP contribution is -2.36. The Balaban J connectivity index is 1.76. The molecule has 0 aliphatic carbocycles. The van der Waals surface area contributed by atoms with Gasteiger partial charge in [-0.1, -0.05) is 30.3 Å². The van der Waals surface area contributed by atoms with Crippen LogP contribution in [0.5, 0.6) is 5.88 Å². The van der Waals surface area contributed by atoms with Crippen LogP contribution >= 0.6 is 0 Å². The Morgan fingerprint density at radius 1 is 1.12 bits per heavy atom. The molecule has 1 aromatic carbocycles. The summed E-state index contributed by atoms with van der Waals surface area (Å²) in [6, 6.07) is 13.2. The van der Waals surface area contributed by atoms with Crippen LogP contribution in [0.3, 0.4) is 0 Å². The average Bonchev–Trinajstić information content (AvgIpc) is 2.67. The molecular weight excluding hydrogens is 330 g/mol. The van der Waals surface area contributed by atoms with Crippen LogP contribution in [-0.2, 0) is 6.42 Å². The monoisotopic (exact) mass is 347 g/mol. The molecule has 0 radical (unpaired) electrons. The van der Waals surface area contributed by atoms with Gasteiger partial charge in [0.1, 0.15) is 0 Å². The highest BCUT2D eigenvalue weighted by Gasteiger charge is 2.28. The molecule has 130 valence electrons. The third-order valence-electron chi connectivity index (χ3n) is 4.38. The molecule has 7 nitrogen and oxygen atoms in total. The molecule has 0 saturated heterocycles. The van der Waals surface area contributed by atoms with Gasteiger partial charge in [-0.2, -0.15) is 0 Å². The Labute approximate surface area is 150 Å². The first-order valence-electron chi connectivity index (χ1n) is 8.18. The van der Waals surface area contributed by atoms with E-state index in [1.165, 1.54) is 6.20 Å². The summed E-state index contributed by atoms with van der Waals surface area (Å²) in [5, 5.41) is 3.03. The Kier molecular flexibility index (Phi) is 3.96. The molecule has 1 aliphatic heterocycles. The highest BCUT2D eigenvalue weighted by Crippen LogP contribution is 2.32. The molecule has 3 N–H and O–H groups in total. The highest BCUT2D eigenvalue weighted by molar-refractivity contribution is 5.96. The van der Waals surface area contributed by atoms with E-state index in [1.807, 2.05) is 36.4 Å². The number of methoxy groups -OCH3 is 1. The van der Waals surface area contributed by atoms with Crippen molar-refractivity contribution in [3.05, 3.63) is 65.5 Å². The molecule has 4 rings (SSSR count). The van der Waals surface area contributed by atoms with Gasteiger partial charge in [0, 0.05) is 24.2 Å². The van der Waals surface area contributed by atoms with Gasteiger partial charge in [-0.15, -0.1) is 0 Å². The predicted molar refractivity (Wildman–Crippen MR) is 96.6 cm³/mol. The summed E-state index contributed by atoms with van der Waals surface area (Å²) in [6.45, 7) is 0. The maximum absolute atomic E-state index is 12.5. The van der Waals surface area contributed by atoms with E-state index < -0.39 is 0 Å². The molecule has 1 atom stereocenters. The third-order valence-corrected chi connectivity index (χ3v) is 4.38. The molecule has 2 aromatic heterocycles. The summed E-state index contributed by atoms with van der Waals surface area (Å²) in [5.41, 5.74) is 9.48. The zero-order valence-electron chi connectivity index (χ0n) is 14.1. The molecule has 1 amide bonds. The second kappa shape index (κ2) is 6.44. The number of anilines is 1. The van der Waals surface area contributed by atoms with Crippen molar-refractivity contribution in [2.45, 2.75) is 12.5 Å². The van der Waals surface area contributed by atoms with E-state index in [2.05, 4.69) is 20.3 Å². The standard InChI is InChI=1S/C19H17N5O2/c1-26-17-8-4-7-14(22-17)11-5-2-3-6-12(11)15-9-16-13(18(25)23-15)10-21-19(20)24-16/h2-8,10,15H,9H2,1H3,(H,23,25)(H2,20,21,24). The minimum atomic E-state index is -0.228. The van der Waals surface area contributed by atoms with Gasteiger partial charge in [0.2, 0.25) is 11.8 Å². The third kappa shape index (κ3) is 2.83. The first kappa shape index (κ1) is 16.0. The van der Waals surface area contributed by atoms with Crippen LogP contribution in [-0.4, -0.2) is 28.0 Å². The van der Waals surface area contributed by atoms with Crippen molar-refractivity contribution in [3.63, 3.8) is 0 Å². The van der Waals surface area contributed by atoms with Crippen molar-refractivity contribution < 1.29 is 9.53 Å². The number of ether oxygens (including phenoxy) is 1. The summed E-state index contributed by atoms with van der Waals surface area (Å²) in [7, 11) is 1.58. The van der Waals surface area contributed by atoms with Crippen molar-refractivity contribution in [2.75, 3.05) is 12.8 Å². The molecule has 7 heteroatoms. The summed E-state index contributed by atoms with van der Waals surface area (Å²) in [6.07, 6.45) is 2.01. The van der Waals surface area contributed by atoms with Crippen LogP contribution in [0.25, 0.3) is 11.3 Å². The van der Waals surface area contributed by atoms with E-state index in [1.54, 1.807) is 13.2 Å². The fourth-order valence-corrected chi connectivity index (χ4v) is 3.16. The second-order valence-corrected chi connectivity index (χ2v) is 5.97. The van der Waals surface area contributed by atoms with Crippen molar-refractivity contribution in [1.29, 1.82) is 0 Å². The molecule has 3 aromatic rings. The average molecular weight is 347 g/mol. The Bertz CT molecular complexity index is 989. The van der Waals surface area contributed by atoms with E-state index in [4.69, 9.17) is 10.5 Å². The summed E-state index contributed by atoms with van der Waals surface area (Å²) < 4.78 is 5.23. The molecule has 0 fully saturated rings. The first-order valence-corrected chi connectivity index (χ1v) is 8.18. The van der Waals surface area contributed by atoms with E-state index in [9.17, 15) is 4.79 Å². The SMILES string of the molecule is COc1cccc(-c2ccccc2C2Cc3nc(N)ncc3C(=O)N2)n1. The molecule has 1 aliphatic rings. The normalized spacial score (nSPS) is 15.9. The molecule has 1 unspecified atom stereocenters. The number of benzene rings is 1. The molecular formula is C19H17N5O2. The van der Waals surface area contributed by atoms with Crippen LogP contribution in [0, 0.1) is 0 Å². The number of carbonyl (C=O) groups is 1. The quantitative estimate of drug-likeness (QED) is 0.752. The lowest BCUT2D eigenvalue weighted by molar-refractivity contribution is 0.0923. The van der Waals surface area contributed by atoms with Crippen molar-refractivity contribution in [3.8, 4) is 17.1 Å². The van der Waals surface area contributed by atoms with Crippen molar-refractivity contribution >= 4 is 11.9 Å². The number of nitrogens with zero attached hydrogens (tertiary/aromatic N) is 3. The van der Waals surface area contributed by atoms with Crippen LogP contribution in [0.4, 0.5) is 5.95 Å². The number of pyridine rings is 1. The van der Waals surface area contributed by atoms with E-state index >= 15 is 0 Å². The minimum absolute atomic E-state index is 0.167. The molecule has 0 spiro atoms. The van der Waals surface area contributed by atoms with Gasteiger partial charge in [-0.3, -0.25) is 4.79 Å². The van der Waals surface area contributed by atoms with Crippen LogP contribution < -0.4 is 15.8 Å². The number of hydrogen-bond acceptors (Lipinski definition) is 6. The van der Waals surface area contributed by atoms with Gasteiger partial charge in [-0.25, -0.2) is 15.0 Å². The topological polar surface area (TPSA) is 103 Å². The summed E-state index contributed by atoms with van der Waals surface area (Å²) >= 11 is 0. The number of hydrogen-bond donors (Lipinski definition) is 2. The largest absolute Gasteiger partial charge is 0.481 e. The van der Waals surface area contributed by atoms with Gasteiger partial charge in [-0.05, 0) is 11.6 Å². The smallest absolute Gasteiger partial charge is 0.255 e. The van der Waals surface area contributed by atoms with E-state index in [-0.39, 0.29) is 17.9 Å². The van der Waals surface area contributed by atoms with E-state index in [0.29, 0.717) is 23.6 Å². The van der Waals surface area contributed by atoms with E-state index in [0.717, 1.165) is 16.8 Å². The number of nitrogens with one attached hydrogen (secondary N) is 1. The lowest BCUT2D eigenvalue weighted by atomic mass is 9.91. The maximum Gasteiger partial charge on any atom is 0.255 e. The zero-order chi connectivity index (χ0) is 18.1. The van der Waals surface area contributed by atoms with Crippen molar-refractivity contribution in [2.24, 2.45) is 0 Å². The molecule has 3 heterocycles. The van der Waals surface area contributed by atoms with Crippen LogP contribution in [0.15, 0.2) is 48.7 Å². The van der Waals surface area contributed by atoms with Crippen LogP contribution in [0.1, 0.15) is 27.7 Å². The van der Waals surface area contributed by atoms with Gasteiger partial charge >= 0.3 is 0 Å². The zero-order valence-corrected chi connectivity index (χ0v) is 14.1. The summed E-state index contributed by atoms with van der Waals surface area (Å²) in [5.74, 6) is 0.500. The number of rotatable bonds is 3. The van der Waals surface area contributed by atoms with Gasteiger partial charge in [0.05, 0.1) is 30.1 Å². The molecule has 26 heavy (non-hydrogen) atoms. The fourth-order valence-electron chi connectivity index (χ4n) is 3.16. The first-order chi connectivity index (χ1) is 12.7. The van der Waals surface area contributed by atoms with Gasteiger partial charge in [0.25, 0.3) is 5.91 Å². The Hall–Kier alpha value is -3.48. The number of aromatic nitrogens is 3. The number of nitrogen functional groups attached to an aromatic ring is 1. The summed E-state index contributed by atoms with van der Waals surface area (Å²) in [4.78, 5) is 25.1. The van der Waals surface area contributed by atoms with Gasteiger partial charge < -0.3 is 15.8 Å². The second-order valence-electron chi connectivity index (χ2n) is 5.97. The van der Waals surface area contributed by atoms with Crippen molar-refractivity contribution in [1.82, 2.24) is 20.3 Å². The number of nitrogens with two attached hydrogens (primary N) is 1. The van der Waals surface area contributed by atoms with Gasteiger partial charge in [0.15, 0.2) is 0 Å². The highest BCUT2D eigenvalue weighted by atomic mass is 16.5. The minimum Gasteiger partial charge on any atom is -0.481 e. The maximum atomic E-state index is 12.5. The van der Waals surface area contributed by atoms with Crippen LogP contribution in [0.2, 0.25) is 0 Å². The number of amides is 1. The lowest BCUT2D eigenvalue weighted by Gasteiger charge is -2.26. The predicted octanol–water partition coefficient (Wildman–Crippen LogP) is 2.16. The Morgan fingerprint density at radius 3 is 2.81 bits per heavy atom. The number of carbonyl (C=O) groups excluding carboxylic acids is 1. The Morgan fingerprint density at radius 2 is 1.96 bits per heavy atom.